The molecule has 0 aliphatic heterocycles. The molecule has 1 atom stereocenters. The summed E-state index contributed by atoms with van der Waals surface area (Å²) in [6.07, 6.45) is -0.887. The van der Waals surface area contributed by atoms with E-state index in [2.05, 4.69) is 4.72 Å². The van der Waals surface area contributed by atoms with Crippen LogP contribution < -0.4 is 15.2 Å². The molecule has 2 rings (SSSR count). The Morgan fingerprint density at radius 1 is 1.43 bits per heavy atom. The summed E-state index contributed by atoms with van der Waals surface area (Å²) < 4.78 is 31.7. The highest BCUT2D eigenvalue weighted by Crippen LogP contribution is 2.25. The number of aliphatic hydroxyl groups excluding tert-OH is 1. The van der Waals surface area contributed by atoms with Crippen molar-refractivity contribution in [1.82, 2.24) is 4.72 Å². The van der Waals surface area contributed by atoms with Crippen molar-refractivity contribution >= 4 is 27.0 Å². The lowest BCUT2D eigenvalue weighted by Crippen LogP contribution is -2.28. The van der Waals surface area contributed by atoms with Gasteiger partial charge in [-0.2, -0.15) is 11.3 Å². The molecule has 0 aliphatic carbocycles. The Kier molecular flexibility index (Phi) is 4.84. The van der Waals surface area contributed by atoms with Gasteiger partial charge in [-0.05, 0) is 34.5 Å². The first kappa shape index (κ1) is 15.8. The van der Waals surface area contributed by atoms with Gasteiger partial charge in [-0.25, -0.2) is 13.1 Å². The maximum atomic E-state index is 12.2. The summed E-state index contributed by atoms with van der Waals surface area (Å²) in [6, 6.07) is 5.93. The van der Waals surface area contributed by atoms with E-state index in [1.165, 1.54) is 36.6 Å². The number of thiophene rings is 1. The minimum Gasteiger partial charge on any atom is -0.495 e. The van der Waals surface area contributed by atoms with Gasteiger partial charge in [0.15, 0.2) is 0 Å². The minimum atomic E-state index is -3.74. The highest BCUT2D eigenvalue weighted by molar-refractivity contribution is 7.89. The van der Waals surface area contributed by atoms with Crippen LogP contribution in [-0.4, -0.2) is 27.2 Å². The normalized spacial score (nSPS) is 13.0. The van der Waals surface area contributed by atoms with Gasteiger partial charge in [0, 0.05) is 12.6 Å². The number of methoxy groups -OCH3 is 1. The van der Waals surface area contributed by atoms with Gasteiger partial charge in [0.1, 0.15) is 5.75 Å². The Bertz CT molecular complexity index is 699. The Labute approximate surface area is 127 Å². The first-order valence-corrected chi connectivity index (χ1v) is 8.50. The Balaban J connectivity index is 2.11. The monoisotopic (exact) mass is 328 g/mol. The van der Waals surface area contributed by atoms with Crippen molar-refractivity contribution in [2.24, 2.45) is 0 Å². The number of anilines is 1. The van der Waals surface area contributed by atoms with Gasteiger partial charge in [0.25, 0.3) is 0 Å². The summed E-state index contributed by atoms with van der Waals surface area (Å²) in [6.45, 7) is -0.105. The Morgan fingerprint density at radius 2 is 2.19 bits per heavy atom. The molecule has 0 saturated carbocycles. The van der Waals surface area contributed by atoms with E-state index >= 15 is 0 Å². The van der Waals surface area contributed by atoms with Gasteiger partial charge in [-0.3, -0.25) is 0 Å². The summed E-state index contributed by atoms with van der Waals surface area (Å²) in [5.74, 6) is 0.288. The van der Waals surface area contributed by atoms with Crippen LogP contribution >= 0.6 is 11.3 Å². The van der Waals surface area contributed by atoms with Gasteiger partial charge in [-0.15, -0.1) is 0 Å². The second-order valence-corrected chi connectivity index (χ2v) is 6.88. The fraction of sp³-hybridized carbons (Fsp3) is 0.231. The van der Waals surface area contributed by atoms with Crippen LogP contribution in [0.1, 0.15) is 11.7 Å². The SMILES string of the molecule is COc1cc(S(=O)(=O)NCC(O)c2ccsc2)ccc1N. The molecule has 0 fully saturated rings. The molecule has 0 amide bonds. The van der Waals surface area contributed by atoms with E-state index in [1.807, 2.05) is 5.38 Å². The van der Waals surface area contributed by atoms with E-state index in [-0.39, 0.29) is 17.2 Å². The molecule has 0 saturated heterocycles. The molecule has 1 heterocycles. The zero-order chi connectivity index (χ0) is 15.5. The van der Waals surface area contributed by atoms with Crippen LogP contribution in [0.3, 0.4) is 0 Å². The Hall–Kier alpha value is -1.61. The third kappa shape index (κ3) is 3.73. The average molecular weight is 328 g/mol. The minimum absolute atomic E-state index is 0.0334. The first-order chi connectivity index (χ1) is 9.94. The average Bonchev–Trinajstić information content (AvgIpc) is 2.99. The predicted molar refractivity (Wildman–Crippen MR) is 81.9 cm³/mol. The maximum absolute atomic E-state index is 12.2. The molecule has 0 aliphatic rings. The number of nitrogens with one attached hydrogen (secondary N) is 1. The summed E-state index contributed by atoms with van der Waals surface area (Å²) in [7, 11) is -2.33. The molecule has 1 unspecified atom stereocenters. The summed E-state index contributed by atoms with van der Waals surface area (Å²) in [5, 5.41) is 13.5. The van der Waals surface area contributed by atoms with Crippen LogP contribution in [0.4, 0.5) is 5.69 Å². The van der Waals surface area contributed by atoms with Crippen LogP contribution in [0.15, 0.2) is 39.9 Å². The van der Waals surface area contributed by atoms with Crippen LogP contribution in [0.5, 0.6) is 5.75 Å². The second-order valence-electron chi connectivity index (χ2n) is 4.33. The quantitative estimate of drug-likeness (QED) is 0.695. The number of hydrogen-bond acceptors (Lipinski definition) is 6. The number of benzene rings is 1. The molecule has 2 aromatic rings. The number of rotatable bonds is 6. The topological polar surface area (TPSA) is 102 Å². The molecular formula is C13H16N2O4S2. The van der Waals surface area contributed by atoms with E-state index in [0.717, 1.165) is 0 Å². The van der Waals surface area contributed by atoms with E-state index in [0.29, 0.717) is 11.3 Å². The Morgan fingerprint density at radius 3 is 2.81 bits per heavy atom. The number of sulfonamides is 1. The molecule has 0 radical (unpaired) electrons. The van der Waals surface area contributed by atoms with Crippen molar-refractivity contribution in [3.05, 3.63) is 40.6 Å². The van der Waals surface area contributed by atoms with Crippen LogP contribution in [0, 0.1) is 0 Å². The molecule has 1 aromatic heterocycles. The van der Waals surface area contributed by atoms with Gasteiger partial charge < -0.3 is 15.6 Å². The highest BCUT2D eigenvalue weighted by Gasteiger charge is 2.18. The lowest BCUT2D eigenvalue weighted by molar-refractivity contribution is 0.182. The standard InChI is InChI=1S/C13H16N2O4S2/c1-19-13-6-10(2-3-11(13)14)21(17,18)15-7-12(16)9-4-5-20-8-9/h2-6,8,12,15-16H,7,14H2,1H3. The zero-order valence-electron chi connectivity index (χ0n) is 11.3. The summed E-state index contributed by atoms with van der Waals surface area (Å²) in [5.41, 5.74) is 6.69. The molecule has 8 heteroatoms. The maximum Gasteiger partial charge on any atom is 0.240 e. The lowest BCUT2D eigenvalue weighted by atomic mass is 10.2. The number of aliphatic hydroxyl groups is 1. The largest absolute Gasteiger partial charge is 0.495 e. The first-order valence-electron chi connectivity index (χ1n) is 6.07. The third-order valence-corrected chi connectivity index (χ3v) is 5.03. The molecule has 0 bridgehead atoms. The summed E-state index contributed by atoms with van der Waals surface area (Å²) >= 11 is 1.44. The third-order valence-electron chi connectivity index (χ3n) is 2.91. The summed E-state index contributed by atoms with van der Waals surface area (Å²) in [4.78, 5) is 0.0334. The number of hydrogen-bond donors (Lipinski definition) is 3. The fourth-order valence-electron chi connectivity index (χ4n) is 1.71. The van der Waals surface area contributed by atoms with Crippen molar-refractivity contribution in [1.29, 1.82) is 0 Å². The van der Waals surface area contributed by atoms with E-state index in [9.17, 15) is 13.5 Å². The van der Waals surface area contributed by atoms with Crippen molar-refractivity contribution < 1.29 is 18.3 Å². The predicted octanol–water partition coefficient (Wildman–Crippen LogP) is 1.35. The van der Waals surface area contributed by atoms with E-state index < -0.39 is 16.1 Å². The molecular weight excluding hydrogens is 312 g/mol. The van der Waals surface area contributed by atoms with Crippen molar-refractivity contribution in [3.63, 3.8) is 0 Å². The van der Waals surface area contributed by atoms with Gasteiger partial charge in [0.05, 0.1) is 23.8 Å². The molecule has 114 valence electrons. The number of nitrogens with two attached hydrogens (primary N) is 1. The molecule has 0 spiro atoms. The fourth-order valence-corrected chi connectivity index (χ4v) is 3.47. The van der Waals surface area contributed by atoms with Crippen molar-refractivity contribution in [2.45, 2.75) is 11.0 Å². The molecule has 4 N–H and O–H groups in total. The smallest absolute Gasteiger partial charge is 0.240 e. The van der Waals surface area contributed by atoms with Gasteiger partial charge >= 0.3 is 0 Å². The van der Waals surface area contributed by atoms with Crippen LogP contribution in [-0.2, 0) is 10.0 Å². The number of nitrogen functional groups attached to an aromatic ring is 1. The van der Waals surface area contributed by atoms with E-state index in [4.69, 9.17) is 10.5 Å². The van der Waals surface area contributed by atoms with Gasteiger partial charge in [-0.1, -0.05) is 0 Å². The highest BCUT2D eigenvalue weighted by atomic mass is 32.2. The molecule has 1 aromatic carbocycles. The molecule has 21 heavy (non-hydrogen) atoms. The van der Waals surface area contributed by atoms with Crippen molar-refractivity contribution in [2.75, 3.05) is 19.4 Å². The second kappa shape index (κ2) is 6.44. The van der Waals surface area contributed by atoms with Crippen molar-refractivity contribution in [3.8, 4) is 5.75 Å². The number of ether oxygens (including phenoxy) is 1. The van der Waals surface area contributed by atoms with Gasteiger partial charge in [0.2, 0.25) is 10.0 Å². The van der Waals surface area contributed by atoms with E-state index in [1.54, 1.807) is 11.4 Å². The van der Waals surface area contributed by atoms with Crippen LogP contribution in [0.25, 0.3) is 0 Å². The van der Waals surface area contributed by atoms with Crippen LogP contribution in [0.2, 0.25) is 0 Å². The lowest BCUT2D eigenvalue weighted by Gasteiger charge is -2.12. The molecule has 6 nitrogen and oxygen atoms in total. The zero-order valence-corrected chi connectivity index (χ0v) is 12.9.